The predicted octanol–water partition coefficient (Wildman–Crippen LogP) is 3.19. The van der Waals surface area contributed by atoms with Crippen LogP contribution in [0.1, 0.15) is 29.0 Å². The van der Waals surface area contributed by atoms with Crippen molar-refractivity contribution in [3.05, 3.63) is 75.6 Å². The Bertz CT molecular complexity index is 1190. The van der Waals surface area contributed by atoms with Crippen LogP contribution in [0.3, 0.4) is 0 Å². The van der Waals surface area contributed by atoms with Crippen LogP contribution in [-0.4, -0.2) is 21.8 Å². The third-order valence-corrected chi connectivity index (χ3v) is 4.96. The highest BCUT2D eigenvalue weighted by Crippen LogP contribution is 2.30. The molecule has 1 atom stereocenters. The molecule has 2 heterocycles. The lowest BCUT2D eigenvalue weighted by molar-refractivity contribution is -0.123. The molecule has 30 heavy (non-hydrogen) atoms. The summed E-state index contributed by atoms with van der Waals surface area (Å²) >= 11 is 0. The maximum Gasteiger partial charge on any atom is 0.258 e. The minimum absolute atomic E-state index is 0.0922. The van der Waals surface area contributed by atoms with Crippen LogP contribution in [0.5, 0.6) is 0 Å². The number of amides is 2. The molecule has 3 aromatic rings. The van der Waals surface area contributed by atoms with Crippen LogP contribution < -0.4 is 21.5 Å². The van der Waals surface area contributed by atoms with Gasteiger partial charge in [0.15, 0.2) is 0 Å². The fourth-order valence-electron chi connectivity index (χ4n) is 3.40. The molecule has 0 bridgehead atoms. The lowest BCUT2D eigenvalue weighted by atomic mass is 9.92. The average molecular weight is 403 g/mol. The summed E-state index contributed by atoms with van der Waals surface area (Å²) < 4.78 is 0. The Morgan fingerprint density at radius 2 is 1.87 bits per heavy atom. The van der Waals surface area contributed by atoms with Gasteiger partial charge in [0.05, 0.1) is 11.5 Å². The number of hydrogen-bond donors (Lipinski definition) is 4. The third-order valence-electron chi connectivity index (χ3n) is 4.96. The van der Waals surface area contributed by atoms with Crippen molar-refractivity contribution in [3.63, 3.8) is 0 Å². The zero-order valence-corrected chi connectivity index (χ0v) is 16.6. The van der Waals surface area contributed by atoms with Gasteiger partial charge in [0, 0.05) is 17.8 Å². The van der Waals surface area contributed by atoms with E-state index in [-0.39, 0.29) is 29.7 Å². The van der Waals surface area contributed by atoms with Crippen molar-refractivity contribution >= 4 is 35.0 Å². The summed E-state index contributed by atoms with van der Waals surface area (Å²) in [5.41, 5.74) is 2.94. The first-order valence-corrected chi connectivity index (χ1v) is 9.55. The van der Waals surface area contributed by atoms with Gasteiger partial charge in [-0.25, -0.2) is 0 Å². The summed E-state index contributed by atoms with van der Waals surface area (Å²) in [7, 11) is 0. The molecule has 8 heteroatoms. The van der Waals surface area contributed by atoms with E-state index in [0.29, 0.717) is 5.69 Å². The first-order valence-electron chi connectivity index (χ1n) is 9.55. The monoisotopic (exact) mass is 403 g/mol. The van der Waals surface area contributed by atoms with E-state index in [0.717, 1.165) is 16.8 Å². The molecule has 0 aliphatic carbocycles. The molecule has 1 aliphatic rings. The van der Waals surface area contributed by atoms with Crippen LogP contribution in [0, 0.1) is 13.8 Å². The van der Waals surface area contributed by atoms with E-state index in [1.165, 1.54) is 0 Å². The SMILES string of the molecule is Cc1ccc(C)c(NC(=O)C2CC(=O)Nc3nc(Nc4ccccc4)[nH]c(=O)c32)c1. The summed E-state index contributed by atoms with van der Waals surface area (Å²) in [6, 6.07) is 14.9. The van der Waals surface area contributed by atoms with Gasteiger partial charge in [-0.05, 0) is 43.2 Å². The van der Waals surface area contributed by atoms with Gasteiger partial charge >= 0.3 is 0 Å². The number of H-pyrrole nitrogens is 1. The van der Waals surface area contributed by atoms with Crippen LogP contribution in [0.15, 0.2) is 53.3 Å². The van der Waals surface area contributed by atoms with Gasteiger partial charge in [0.25, 0.3) is 5.56 Å². The number of nitrogens with zero attached hydrogens (tertiary/aromatic N) is 1. The standard InChI is InChI=1S/C22H21N5O3/c1-12-8-9-13(2)16(10-12)24-20(29)15-11-17(28)25-19-18(15)21(30)27-22(26-19)23-14-6-4-3-5-7-14/h3-10,15H,11H2,1-2H3,(H,24,29)(H3,23,25,26,27,28,30). The van der Waals surface area contributed by atoms with E-state index in [4.69, 9.17) is 0 Å². The van der Waals surface area contributed by atoms with Gasteiger partial charge in [-0.15, -0.1) is 0 Å². The van der Waals surface area contributed by atoms with Gasteiger partial charge in [0.2, 0.25) is 17.8 Å². The van der Waals surface area contributed by atoms with E-state index in [9.17, 15) is 14.4 Å². The highest BCUT2D eigenvalue weighted by atomic mass is 16.2. The second kappa shape index (κ2) is 7.82. The van der Waals surface area contributed by atoms with Gasteiger partial charge in [-0.1, -0.05) is 30.3 Å². The predicted molar refractivity (Wildman–Crippen MR) is 115 cm³/mol. The highest BCUT2D eigenvalue weighted by Gasteiger charge is 2.35. The van der Waals surface area contributed by atoms with E-state index >= 15 is 0 Å². The Labute approximate surface area is 172 Å². The van der Waals surface area contributed by atoms with Gasteiger partial charge in [0.1, 0.15) is 5.82 Å². The molecule has 152 valence electrons. The zero-order valence-electron chi connectivity index (χ0n) is 16.6. The van der Waals surface area contributed by atoms with Gasteiger partial charge in [-0.2, -0.15) is 4.98 Å². The average Bonchev–Trinajstić information content (AvgIpc) is 2.70. The van der Waals surface area contributed by atoms with E-state index in [2.05, 4.69) is 25.9 Å². The number of carbonyl (C=O) groups is 2. The van der Waals surface area contributed by atoms with Crippen molar-refractivity contribution in [2.45, 2.75) is 26.2 Å². The normalized spacial score (nSPS) is 15.1. The van der Waals surface area contributed by atoms with Crippen LogP contribution in [0.4, 0.5) is 23.1 Å². The number of nitrogens with one attached hydrogen (secondary N) is 4. The van der Waals surface area contributed by atoms with Gasteiger partial charge in [-0.3, -0.25) is 19.4 Å². The molecule has 1 unspecified atom stereocenters. The molecular formula is C22H21N5O3. The number of aromatic nitrogens is 2. The van der Waals surface area contributed by atoms with Crippen molar-refractivity contribution in [2.75, 3.05) is 16.0 Å². The third kappa shape index (κ3) is 3.93. The molecule has 2 aromatic carbocycles. The Hall–Kier alpha value is -3.94. The summed E-state index contributed by atoms with van der Waals surface area (Å²) in [6.07, 6.45) is -0.125. The number of anilines is 4. The van der Waals surface area contributed by atoms with Crippen LogP contribution in [0.2, 0.25) is 0 Å². The van der Waals surface area contributed by atoms with E-state index in [1.54, 1.807) is 0 Å². The van der Waals surface area contributed by atoms with Crippen LogP contribution >= 0.6 is 0 Å². The molecule has 8 nitrogen and oxygen atoms in total. The van der Waals surface area contributed by atoms with Crippen LogP contribution in [-0.2, 0) is 9.59 Å². The lowest BCUT2D eigenvalue weighted by Crippen LogP contribution is -2.36. The Kier molecular flexibility index (Phi) is 5.05. The van der Waals surface area contributed by atoms with Crippen LogP contribution in [0.25, 0.3) is 0 Å². The Morgan fingerprint density at radius 1 is 1.10 bits per heavy atom. The first-order chi connectivity index (χ1) is 14.4. The molecule has 0 fully saturated rings. The molecule has 4 N–H and O–H groups in total. The molecule has 1 aliphatic heterocycles. The number of rotatable bonds is 4. The van der Waals surface area contributed by atoms with Crippen molar-refractivity contribution in [1.82, 2.24) is 9.97 Å². The number of hydrogen-bond acceptors (Lipinski definition) is 5. The number of para-hydroxylation sites is 1. The zero-order chi connectivity index (χ0) is 21.3. The fourth-order valence-corrected chi connectivity index (χ4v) is 3.40. The molecule has 0 spiro atoms. The summed E-state index contributed by atoms with van der Waals surface area (Å²) in [5, 5.41) is 8.44. The number of aryl methyl sites for hydroxylation is 2. The highest BCUT2D eigenvalue weighted by molar-refractivity contribution is 6.04. The summed E-state index contributed by atoms with van der Waals surface area (Å²) in [4.78, 5) is 45.0. The molecule has 1 aromatic heterocycles. The first kappa shape index (κ1) is 19.4. The molecule has 4 rings (SSSR count). The molecule has 0 radical (unpaired) electrons. The molecule has 0 saturated heterocycles. The van der Waals surface area contributed by atoms with Crippen molar-refractivity contribution in [3.8, 4) is 0 Å². The van der Waals surface area contributed by atoms with Gasteiger partial charge < -0.3 is 16.0 Å². The minimum Gasteiger partial charge on any atom is -0.326 e. The molecule has 2 amide bonds. The fraction of sp³-hybridized carbons (Fsp3) is 0.182. The van der Waals surface area contributed by atoms with Crippen molar-refractivity contribution < 1.29 is 9.59 Å². The summed E-state index contributed by atoms with van der Waals surface area (Å²) in [6.45, 7) is 3.81. The second-order valence-electron chi connectivity index (χ2n) is 7.28. The quantitative estimate of drug-likeness (QED) is 0.534. The number of aromatic amines is 1. The van der Waals surface area contributed by atoms with E-state index < -0.39 is 17.4 Å². The van der Waals surface area contributed by atoms with E-state index in [1.807, 2.05) is 62.4 Å². The smallest absolute Gasteiger partial charge is 0.258 e. The molecular weight excluding hydrogens is 382 g/mol. The summed E-state index contributed by atoms with van der Waals surface area (Å²) in [5.74, 6) is -1.45. The number of carbonyl (C=O) groups excluding carboxylic acids is 2. The minimum atomic E-state index is -0.935. The number of fused-ring (bicyclic) bond motifs is 1. The Balaban J connectivity index is 1.66. The van der Waals surface area contributed by atoms with Crippen molar-refractivity contribution in [2.24, 2.45) is 0 Å². The second-order valence-corrected chi connectivity index (χ2v) is 7.28. The maximum atomic E-state index is 13.0. The lowest BCUT2D eigenvalue weighted by Gasteiger charge is -2.24. The van der Waals surface area contributed by atoms with Crippen molar-refractivity contribution in [1.29, 1.82) is 0 Å². The maximum absolute atomic E-state index is 13.0. The topological polar surface area (TPSA) is 116 Å². The largest absolute Gasteiger partial charge is 0.326 e. The Morgan fingerprint density at radius 3 is 2.63 bits per heavy atom. The molecule has 0 saturated carbocycles. The number of benzene rings is 2.